The van der Waals surface area contributed by atoms with Gasteiger partial charge in [0.15, 0.2) is 0 Å². The molecule has 2 heteroatoms. The van der Waals surface area contributed by atoms with E-state index in [0.29, 0.717) is 0 Å². The second-order valence-electron chi connectivity index (χ2n) is 13.0. The van der Waals surface area contributed by atoms with Crippen LogP contribution < -0.4 is 0 Å². The molecule has 0 N–H and O–H groups in total. The molecule has 234 valence electrons. The number of benzene rings is 8. The van der Waals surface area contributed by atoms with Gasteiger partial charge >= 0.3 is 0 Å². The summed E-state index contributed by atoms with van der Waals surface area (Å²) in [6, 6.07) is 70.3. The first-order valence-electron chi connectivity index (χ1n) is 17.2. The van der Waals surface area contributed by atoms with Gasteiger partial charge in [0.25, 0.3) is 0 Å². The zero-order chi connectivity index (χ0) is 33.0. The van der Waals surface area contributed by atoms with Crippen molar-refractivity contribution >= 4 is 43.6 Å². The van der Waals surface area contributed by atoms with Crippen molar-refractivity contribution in [2.75, 3.05) is 0 Å². The summed E-state index contributed by atoms with van der Waals surface area (Å²) in [6.45, 7) is 0. The summed E-state index contributed by atoms with van der Waals surface area (Å²) in [5.74, 6) is 0. The monoisotopic (exact) mass is 636 g/mol. The molecule has 0 atom stereocenters. The first-order chi connectivity index (χ1) is 24.8. The minimum absolute atomic E-state index is 1.15. The van der Waals surface area contributed by atoms with E-state index in [-0.39, 0.29) is 0 Å². The molecule has 0 saturated heterocycles. The van der Waals surface area contributed by atoms with Gasteiger partial charge in [-0.1, -0.05) is 140 Å². The molecular formula is C48H32N2. The van der Waals surface area contributed by atoms with Gasteiger partial charge in [-0.25, -0.2) is 0 Å². The molecule has 2 heterocycles. The van der Waals surface area contributed by atoms with Gasteiger partial charge in [0, 0.05) is 32.9 Å². The highest BCUT2D eigenvalue weighted by Gasteiger charge is 2.21. The van der Waals surface area contributed by atoms with Gasteiger partial charge in [0.05, 0.1) is 22.1 Å². The minimum atomic E-state index is 1.15. The standard InChI is InChI=1S/C48H32N2/c1-4-13-33(14-5-1)36-17-12-18-37(31-36)35-23-26-40(27-24-35)49-43-22-11-10-21-41(43)47-44(49)29-30-45-48(47)42-28-25-38(34-15-6-2-7-16-34)32-46(42)50(45)39-19-8-3-9-20-39/h1-32H. The Morgan fingerprint density at radius 1 is 0.240 bits per heavy atom. The Labute approximate surface area is 290 Å². The molecule has 50 heavy (non-hydrogen) atoms. The number of hydrogen-bond donors (Lipinski definition) is 0. The van der Waals surface area contributed by atoms with Gasteiger partial charge in [-0.3, -0.25) is 0 Å². The van der Waals surface area contributed by atoms with Crippen molar-refractivity contribution in [1.82, 2.24) is 9.13 Å². The quantitative estimate of drug-likeness (QED) is 0.178. The second kappa shape index (κ2) is 11.5. The summed E-state index contributed by atoms with van der Waals surface area (Å²) in [6.07, 6.45) is 0. The number of fused-ring (bicyclic) bond motifs is 7. The van der Waals surface area contributed by atoms with Crippen molar-refractivity contribution in [3.05, 3.63) is 194 Å². The van der Waals surface area contributed by atoms with Crippen LogP contribution in [0.1, 0.15) is 0 Å². The van der Waals surface area contributed by atoms with Crippen LogP contribution in [-0.2, 0) is 0 Å². The summed E-state index contributed by atoms with van der Waals surface area (Å²) in [5, 5.41) is 5.08. The van der Waals surface area contributed by atoms with Gasteiger partial charge in [0.1, 0.15) is 0 Å². The third kappa shape index (κ3) is 4.50. The highest BCUT2D eigenvalue weighted by molar-refractivity contribution is 6.29. The van der Waals surface area contributed by atoms with Crippen molar-refractivity contribution in [2.24, 2.45) is 0 Å². The Morgan fingerprint density at radius 3 is 1.32 bits per heavy atom. The Balaban J connectivity index is 1.19. The Morgan fingerprint density at radius 2 is 0.680 bits per heavy atom. The molecule has 0 unspecified atom stereocenters. The zero-order valence-corrected chi connectivity index (χ0v) is 27.4. The predicted octanol–water partition coefficient (Wildman–Crippen LogP) is 12.9. The van der Waals surface area contributed by atoms with Gasteiger partial charge in [-0.15, -0.1) is 0 Å². The minimum Gasteiger partial charge on any atom is -0.309 e. The maximum absolute atomic E-state index is 2.43. The molecule has 10 rings (SSSR count). The fourth-order valence-corrected chi connectivity index (χ4v) is 7.82. The van der Waals surface area contributed by atoms with Gasteiger partial charge < -0.3 is 9.13 Å². The van der Waals surface area contributed by atoms with Gasteiger partial charge in [0.2, 0.25) is 0 Å². The largest absolute Gasteiger partial charge is 0.309 e. The van der Waals surface area contributed by atoms with Crippen LogP contribution in [-0.4, -0.2) is 9.13 Å². The molecule has 10 aromatic rings. The van der Waals surface area contributed by atoms with Crippen molar-refractivity contribution in [2.45, 2.75) is 0 Å². The lowest BCUT2D eigenvalue weighted by Gasteiger charge is -2.11. The highest BCUT2D eigenvalue weighted by atomic mass is 15.0. The van der Waals surface area contributed by atoms with Crippen LogP contribution in [0.5, 0.6) is 0 Å². The van der Waals surface area contributed by atoms with E-state index < -0.39 is 0 Å². The number of nitrogens with zero attached hydrogens (tertiary/aromatic N) is 2. The van der Waals surface area contributed by atoms with Crippen LogP contribution in [0.25, 0.3) is 88.4 Å². The summed E-state index contributed by atoms with van der Waals surface area (Å²) in [5.41, 5.74) is 14.4. The number of para-hydroxylation sites is 2. The molecule has 0 spiro atoms. The molecule has 0 aliphatic rings. The number of aromatic nitrogens is 2. The topological polar surface area (TPSA) is 9.86 Å². The van der Waals surface area contributed by atoms with E-state index in [1.807, 2.05) is 0 Å². The van der Waals surface area contributed by atoms with Crippen LogP contribution >= 0.6 is 0 Å². The number of hydrogen-bond acceptors (Lipinski definition) is 0. The summed E-state index contributed by atoms with van der Waals surface area (Å²) >= 11 is 0. The lowest BCUT2D eigenvalue weighted by Crippen LogP contribution is -1.95. The molecule has 0 radical (unpaired) electrons. The summed E-state index contributed by atoms with van der Waals surface area (Å²) in [7, 11) is 0. The van der Waals surface area contributed by atoms with Crippen LogP contribution in [0.3, 0.4) is 0 Å². The fraction of sp³-hybridized carbons (Fsp3) is 0. The van der Waals surface area contributed by atoms with E-state index in [1.54, 1.807) is 0 Å². The van der Waals surface area contributed by atoms with Crippen LogP contribution in [0.2, 0.25) is 0 Å². The van der Waals surface area contributed by atoms with E-state index >= 15 is 0 Å². The molecule has 2 nitrogen and oxygen atoms in total. The van der Waals surface area contributed by atoms with Crippen LogP contribution in [0.15, 0.2) is 194 Å². The maximum atomic E-state index is 2.43. The third-order valence-electron chi connectivity index (χ3n) is 10.1. The lowest BCUT2D eigenvalue weighted by atomic mass is 9.99. The van der Waals surface area contributed by atoms with E-state index in [4.69, 9.17) is 0 Å². The molecular weight excluding hydrogens is 605 g/mol. The van der Waals surface area contributed by atoms with Crippen LogP contribution in [0, 0.1) is 0 Å². The molecule has 0 amide bonds. The SMILES string of the molecule is c1ccc(-c2cccc(-c3ccc(-n4c5ccccc5c5c6c7ccc(-c8ccccc8)cc7n(-c7ccccc7)c6ccc54)cc3)c2)cc1. The molecule has 0 aliphatic heterocycles. The molecule has 2 aromatic heterocycles. The maximum Gasteiger partial charge on any atom is 0.0548 e. The van der Waals surface area contributed by atoms with E-state index in [9.17, 15) is 0 Å². The smallest absolute Gasteiger partial charge is 0.0548 e. The second-order valence-corrected chi connectivity index (χ2v) is 13.0. The highest BCUT2D eigenvalue weighted by Crippen LogP contribution is 2.43. The van der Waals surface area contributed by atoms with E-state index in [1.165, 1.54) is 77.0 Å². The van der Waals surface area contributed by atoms with Crippen molar-refractivity contribution in [1.29, 1.82) is 0 Å². The third-order valence-corrected chi connectivity index (χ3v) is 10.1. The fourth-order valence-electron chi connectivity index (χ4n) is 7.82. The Hall–Kier alpha value is -6.64. The Kier molecular flexibility index (Phi) is 6.53. The summed E-state index contributed by atoms with van der Waals surface area (Å²) < 4.78 is 4.86. The van der Waals surface area contributed by atoms with Crippen molar-refractivity contribution < 1.29 is 0 Å². The Bertz CT molecular complexity index is 2820. The van der Waals surface area contributed by atoms with Crippen molar-refractivity contribution in [3.8, 4) is 44.8 Å². The first kappa shape index (κ1) is 28.4. The lowest BCUT2D eigenvalue weighted by molar-refractivity contribution is 1.17. The molecule has 8 aromatic carbocycles. The average molecular weight is 637 g/mol. The average Bonchev–Trinajstić information content (AvgIpc) is 3.71. The molecule has 0 saturated carbocycles. The molecule has 0 fully saturated rings. The first-order valence-corrected chi connectivity index (χ1v) is 17.2. The predicted molar refractivity (Wildman–Crippen MR) is 211 cm³/mol. The summed E-state index contributed by atoms with van der Waals surface area (Å²) in [4.78, 5) is 0. The molecule has 0 bridgehead atoms. The van der Waals surface area contributed by atoms with E-state index in [2.05, 4.69) is 203 Å². The van der Waals surface area contributed by atoms with E-state index in [0.717, 1.165) is 11.4 Å². The molecule has 0 aliphatic carbocycles. The number of rotatable bonds is 5. The van der Waals surface area contributed by atoms with Gasteiger partial charge in [-0.05, 0) is 88.0 Å². The van der Waals surface area contributed by atoms with Crippen LogP contribution in [0.4, 0.5) is 0 Å². The van der Waals surface area contributed by atoms with Gasteiger partial charge in [-0.2, -0.15) is 0 Å². The normalized spacial score (nSPS) is 11.6. The zero-order valence-electron chi connectivity index (χ0n) is 27.4. The van der Waals surface area contributed by atoms with Crippen molar-refractivity contribution in [3.63, 3.8) is 0 Å².